The maximum Gasteiger partial charge on any atom is 0.416 e. The summed E-state index contributed by atoms with van der Waals surface area (Å²) in [5, 5.41) is 2.79. The number of carbonyl (C=O) groups excluding carboxylic acids is 1. The number of nitrogens with one attached hydrogen (secondary N) is 1. The summed E-state index contributed by atoms with van der Waals surface area (Å²) >= 11 is 0. The summed E-state index contributed by atoms with van der Waals surface area (Å²) in [4.78, 5) is 11.7. The quantitative estimate of drug-likeness (QED) is 0.897. The van der Waals surface area contributed by atoms with E-state index in [0.717, 1.165) is 18.6 Å². The van der Waals surface area contributed by atoms with Crippen LogP contribution in [0.15, 0.2) is 24.3 Å². The molecule has 0 spiro atoms. The van der Waals surface area contributed by atoms with Crippen LogP contribution in [0, 0.1) is 0 Å². The summed E-state index contributed by atoms with van der Waals surface area (Å²) in [6, 6.07) is 4.45. The third-order valence-electron chi connectivity index (χ3n) is 3.73. The minimum absolute atomic E-state index is 0.345. The summed E-state index contributed by atoms with van der Waals surface area (Å²) in [6.07, 6.45) is -2.25. The molecule has 0 aromatic heterocycles. The lowest BCUT2D eigenvalue weighted by Gasteiger charge is -2.43. The highest BCUT2D eigenvalue weighted by Gasteiger charge is 2.41. The van der Waals surface area contributed by atoms with Gasteiger partial charge in [0.05, 0.1) is 17.1 Å². The molecule has 0 heterocycles. The van der Waals surface area contributed by atoms with Crippen molar-refractivity contribution in [2.75, 3.05) is 0 Å². The predicted molar refractivity (Wildman–Crippen MR) is 68.8 cm³/mol. The van der Waals surface area contributed by atoms with Gasteiger partial charge < -0.3 is 11.1 Å². The number of carbonyl (C=O) groups is 1. The van der Waals surface area contributed by atoms with Gasteiger partial charge >= 0.3 is 6.18 Å². The van der Waals surface area contributed by atoms with Gasteiger partial charge in [0.1, 0.15) is 0 Å². The van der Waals surface area contributed by atoms with Crippen LogP contribution in [0.3, 0.4) is 0 Å². The lowest BCUT2D eigenvalue weighted by atomic mass is 9.71. The number of benzene rings is 1. The standard InChI is InChI=1S/C14H17F3N2O/c1-9(18)12(20)19-13(6-3-7-13)10-4-2-5-11(8-10)14(15,16)17/h2,4-5,8-9H,3,6-7,18H2,1H3,(H,19,20)/t9-/m1/s1. The largest absolute Gasteiger partial charge is 0.416 e. The summed E-state index contributed by atoms with van der Waals surface area (Å²) < 4.78 is 38.3. The van der Waals surface area contributed by atoms with Crippen LogP contribution >= 0.6 is 0 Å². The van der Waals surface area contributed by atoms with Crippen molar-refractivity contribution >= 4 is 5.91 Å². The molecule has 0 aliphatic heterocycles. The van der Waals surface area contributed by atoms with Gasteiger partial charge in [0, 0.05) is 0 Å². The number of nitrogens with two attached hydrogens (primary N) is 1. The fraction of sp³-hybridized carbons (Fsp3) is 0.500. The van der Waals surface area contributed by atoms with E-state index in [1.54, 1.807) is 13.0 Å². The first-order chi connectivity index (χ1) is 9.24. The first kappa shape index (κ1) is 14.8. The molecule has 0 unspecified atom stereocenters. The zero-order valence-corrected chi connectivity index (χ0v) is 11.1. The number of halogens is 3. The highest BCUT2D eigenvalue weighted by Crippen LogP contribution is 2.42. The van der Waals surface area contributed by atoms with E-state index < -0.39 is 23.3 Å². The summed E-state index contributed by atoms with van der Waals surface area (Å²) in [7, 11) is 0. The van der Waals surface area contributed by atoms with E-state index in [0.29, 0.717) is 18.4 Å². The van der Waals surface area contributed by atoms with Crippen molar-refractivity contribution in [3.63, 3.8) is 0 Å². The minimum atomic E-state index is -4.38. The van der Waals surface area contributed by atoms with Crippen LogP contribution in [0.2, 0.25) is 0 Å². The molecular weight excluding hydrogens is 269 g/mol. The average molecular weight is 286 g/mol. The SMILES string of the molecule is C[C@@H](N)C(=O)NC1(c2cccc(C(F)(F)F)c2)CCC1. The van der Waals surface area contributed by atoms with Crippen molar-refractivity contribution < 1.29 is 18.0 Å². The van der Waals surface area contributed by atoms with Gasteiger partial charge in [-0.25, -0.2) is 0 Å². The van der Waals surface area contributed by atoms with Crippen molar-refractivity contribution in [2.24, 2.45) is 5.73 Å². The van der Waals surface area contributed by atoms with E-state index in [-0.39, 0.29) is 5.91 Å². The van der Waals surface area contributed by atoms with Crippen LogP contribution < -0.4 is 11.1 Å². The van der Waals surface area contributed by atoms with Crippen LogP contribution in [-0.4, -0.2) is 11.9 Å². The fourth-order valence-electron chi connectivity index (χ4n) is 2.36. The molecular formula is C14H17F3N2O. The molecule has 1 aliphatic rings. The molecule has 1 fully saturated rings. The first-order valence-electron chi connectivity index (χ1n) is 6.50. The fourth-order valence-corrected chi connectivity index (χ4v) is 2.36. The van der Waals surface area contributed by atoms with E-state index in [2.05, 4.69) is 5.32 Å². The zero-order chi connectivity index (χ0) is 15.0. The Morgan fingerprint density at radius 3 is 2.50 bits per heavy atom. The highest BCUT2D eigenvalue weighted by atomic mass is 19.4. The molecule has 0 saturated heterocycles. The molecule has 0 radical (unpaired) electrons. The minimum Gasteiger partial charge on any atom is -0.345 e. The summed E-state index contributed by atoms with van der Waals surface area (Å²) in [5.41, 5.74) is 4.60. The smallest absolute Gasteiger partial charge is 0.345 e. The number of rotatable bonds is 3. The van der Waals surface area contributed by atoms with E-state index in [9.17, 15) is 18.0 Å². The Morgan fingerprint density at radius 1 is 1.40 bits per heavy atom. The Kier molecular flexibility index (Phi) is 3.77. The lowest BCUT2D eigenvalue weighted by molar-refractivity contribution is -0.137. The second-order valence-corrected chi connectivity index (χ2v) is 5.29. The van der Waals surface area contributed by atoms with Gasteiger partial charge in [-0.2, -0.15) is 13.2 Å². The Bertz CT molecular complexity index is 507. The van der Waals surface area contributed by atoms with E-state index in [1.165, 1.54) is 6.07 Å². The Balaban J connectivity index is 2.30. The van der Waals surface area contributed by atoms with Gasteiger partial charge in [0.25, 0.3) is 0 Å². The number of hydrogen-bond acceptors (Lipinski definition) is 2. The maximum absolute atomic E-state index is 12.8. The maximum atomic E-state index is 12.8. The predicted octanol–water partition coefficient (Wildman–Crippen LogP) is 2.55. The van der Waals surface area contributed by atoms with Crippen molar-refractivity contribution in [1.82, 2.24) is 5.32 Å². The van der Waals surface area contributed by atoms with Gasteiger partial charge in [-0.3, -0.25) is 4.79 Å². The Labute approximate surface area is 115 Å². The molecule has 3 N–H and O–H groups in total. The van der Waals surface area contributed by atoms with Crippen molar-refractivity contribution in [3.05, 3.63) is 35.4 Å². The molecule has 1 atom stereocenters. The molecule has 6 heteroatoms. The molecule has 0 bridgehead atoms. The van der Waals surface area contributed by atoms with Crippen LogP contribution in [0.5, 0.6) is 0 Å². The van der Waals surface area contributed by atoms with Gasteiger partial charge in [-0.1, -0.05) is 12.1 Å². The third-order valence-corrected chi connectivity index (χ3v) is 3.73. The number of alkyl halides is 3. The van der Waals surface area contributed by atoms with E-state index >= 15 is 0 Å². The Hall–Kier alpha value is -1.56. The van der Waals surface area contributed by atoms with Gasteiger partial charge in [-0.05, 0) is 43.9 Å². The van der Waals surface area contributed by atoms with Gasteiger partial charge in [0.15, 0.2) is 0 Å². The molecule has 1 aromatic carbocycles. The Morgan fingerprint density at radius 2 is 2.05 bits per heavy atom. The molecule has 1 saturated carbocycles. The molecule has 20 heavy (non-hydrogen) atoms. The van der Waals surface area contributed by atoms with E-state index in [1.807, 2.05) is 0 Å². The number of hydrogen-bond donors (Lipinski definition) is 2. The van der Waals surface area contributed by atoms with Crippen LogP contribution in [0.25, 0.3) is 0 Å². The normalized spacial score (nSPS) is 19.1. The third kappa shape index (κ3) is 2.80. The molecule has 1 aliphatic carbocycles. The number of amides is 1. The zero-order valence-electron chi connectivity index (χ0n) is 11.1. The highest BCUT2D eigenvalue weighted by molar-refractivity contribution is 5.82. The van der Waals surface area contributed by atoms with Gasteiger partial charge in [0.2, 0.25) is 5.91 Å². The molecule has 1 amide bonds. The van der Waals surface area contributed by atoms with Crippen molar-refractivity contribution in [1.29, 1.82) is 0 Å². The summed E-state index contributed by atoms with van der Waals surface area (Å²) in [6.45, 7) is 1.55. The van der Waals surface area contributed by atoms with E-state index in [4.69, 9.17) is 5.73 Å². The van der Waals surface area contributed by atoms with Crippen LogP contribution in [0.1, 0.15) is 37.3 Å². The van der Waals surface area contributed by atoms with Crippen LogP contribution in [-0.2, 0) is 16.5 Å². The van der Waals surface area contributed by atoms with Crippen LogP contribution in [0.4, 0.5) is 13.2 Å². The lowest BCUT2D eigenvalue weighted by Crippen LogP contribution is -2.54. The second-order valence-electron chi connectivity index (χ2n) is 5.29. The van der Waals surface area contributed by atoms with Gasteiger partial charge in [-0.15, -0.1) is 0 Å². The molecule has 2 rings (SSSR count). The second kappa shape index (κ2) is 5.09. The monoisotopic (exact) mass is 286 g/mol. The van der Waals surface area contributed by atoms with Crippen molar-refractivity contribution in [3.8, 4) is 0 Å². The average Bonchev–Trinajstić information content (AvgIpc) is 2.32. The van der Waals surface area contributed by atoms with Crippen molar-refractivity contribution in [2.45, 2.75) is 43.9 Å². The first-order valence-corrected chi connectivity index (χ1v) is 6.50. The molecule has 1 aromatic rings. The summed E-state index contributed by atoms with van der Waals surface area (Å²) in [5.74, 6) is -0.345. The molecule has 3 nitrogen and oxygen atoms in total. The topological polar surface area (TPSA) is 55.1 Å². The molecule has 110 valence electrons.